The summed E-state index contributed by atoms with van der Waals surface area (Å²) in [5.74, 6) is -2.33. The molecule has 36 heavy (non-hydrogen) atoms. The van der Waals surface area contributed by atoms with Crippen LogP contribution in [0.2, 0.25) is 0 Å². The molecule has 2 aliphatic carbocycles. The van der Waals surface area contributed by atoms with Crippen molar-refractivity contribution in [3.05, 3.63) is 75.3 Å². The van der Waals surface area contributed by atoms with Crippen LogP contribution in [-0.4, -0.2) is 50.7 Å². The lowest BCUT2D eigenvalue weighted by Crippen LogP contribution is -2.50. The van der Waals surface area contributed by atoms with Crippen LogP contribution < -0.4 is 5.56 Å². The van der Waals surface area contributed by atoms with E-state index in [9.17, 15) is 27.2 Å². The normalized spacial score (nSPS) is 21.6. The number of nitrogens with zero attached hydrogens (tertiary/aromatic N) is 4. The van der Waals surface area contributed by atoms with Gasteiger partial charge in [-0.1, -0.05) is 19.9 Å². The number of alkyl halides is 2. The fraction of sp³-hybridized carbons (Fsp3) is 0.400. The molecule has 1 amide bonds. The number of nitrogens with one attached hydrogen (secondary N) is 1. The Morgan fingerprint density at radius 1 is 1.17 bits per heavy atom. The maximum Gasteiger partial charge on any atom is 0.274 e. The van der Waals surface area contributed by atoms with E-state index < -0.39 is 46.9 Å². The summed E-state index contributed by atoms with van der Waals surface area (Å²) in [7, 11) is 0. The van der Waals surface area contributed by atoms with Gasteiger partial charge in [-0.05, 0) is 54.0 Å². The van der Waals surface area contributed by atoms with Crippen LogP contribution in [0.3, 0.4) is 0 Å². The third-order valence-electron chi connectivity index (χ3n) is 7.84. The van der Waals surface area contributed by atoms with Gasteiger partial charge in [0.1, 0.15) is 17.3 Å². The molecule has 1 saturated carbocycles. The summed E-state index contributed by atoms with van der Waals surface area (Å²) in [6.07, 6.45) is -1.53. The number of aromatic nitrogens is 4. The number of H-pyrrole nitrogens is 1. The number of rotatable bonds is 6. The third-order valence-corrected chi connectivity index (χ3v) is 7.84. The fourth-order valence-corrected chi connectivity index (χ4v) is 5.98. The van der Waals surface area contributed by atoms with Gasteiger partial charge in [0, 0.05) is 18.0 Å². The van der Waals surface area contributed by atoms with Crippen molar-refractivity contribution in [1.29, 1.82) is 0 Å². The number of amides is 1. The van der Waals surface area contributed by atoms with Gasteiger partial charge in [-0.15, -0.1) is 0 Å². The number of carbonyl (C=O) groups is 1. The minimum absolute atomic E-state index is 0.0563. The Bertz CT molecular complexity index is 1370. The number of hydrogen-bond donors (Lipinski definition) is 1. The molecule has 1 aromatic carbocycles. The zero-order valence-electron chi connectivity index (χ0n) is 19.6. The molecule has 1 N–H and O–H groups in total. The summed E-state index contributed by atoms with van der Waals surface area (Å²) in [6.45, 7) is 3.07. The highest BCUT2D eigenvalue weighted by Crippen LogP contribution is 2.67. The lowest BCUT2D eigenvalue weighted by atomic mass is 9.68. The molecule has 1 fully saturated rings. The molecule has 0 unspecified atom stereocenters. The minimum Gasteiger partial charge on any atom is -0.331 e. The Hall–Kier alpha value is -3.63. The molecule has 11 heteroatoms. The van der Waals surface area contributed by atoms with E-state index in [1.807, 2.05) is 13.8 Å². The molecule has 2 aromatic heterocycles. The van der Waals surface area contributed by atoms with Gasteiger partial charge in [0.15, 0.2) is 0 Å². The summed E-state index contributed by atoms with van der Waals surface area (Å²) >= 11 is 0. The van der Waals surface area contributed by atoms with Gasteiger partial charge in [-0.3, -0.25) is 9.59 Å². The minimum atomic E-state index is -2.80. The lowest BCUT2D eigenvalue weighted by Gasteiger charge is -2.41. The summed E-state index contributed by atoms with van der Waals surface area (Å²) in [5, 5.41) is 14.4. The topological polar surface area (TPSA) is 91.8 Å². The Labute approximate surface area is 203 Å². The van der Waals surface area contributed by atoms with Crippen molar-refractivity contribution in [2.75, 3.05) is 13.1 Å². The van der Waals surface area contributed by atoms with E-state index in [4.69, 9.17) is 0 Å². The maximum atomic E-state index is 14.4. The van der Waals surface area contributed by atoms with Crippen molar-refractivity contribution in [2.24, 2.45) is 5.41 Å². The molecule has 2 aliphatic rings. The average molecular weight is 501 g/mol. The predicted octanol–water partition coefficient (Wildman–Crippen LogP) is 4.07. The second-order valence-corrected chi connectivity index (χ2v) is 9.91. The first-order valence-corrected chi connectivity index (χ1v) is 11.5. The number of aromatic amines is 1. The van der Waals surface area contributed by atoms with Gasteiger partial charge in [-0.2, -0.15) is 15.3 Å². The van der Waals surface area contributed by atoms with E-state index in [0.29, 0.717) is 18.5 Å². The van der Waals surface area contributed by atoms with Gasteiger partial charge < -0.3 is 4.90 Å². The van der Waals surface area contributed by atoms with E-state index in [1.54, 1.807) is 6.07 Å². The quantitative estimate of drug-likeness (QED) is 0.515. The van der Waals surface area contributed by atoms with Crippen molar-refractivity contribution in [3.8, 4) is 11.3 Å². The first-order valence-electron chi connectivity index (χ1n) is 11.5. The van der Waals surface area contributed by atoms with Gasteiger partial charge in [0.25, 0.3) is 17.9 Å². The highest BCUT2D eigenvalue weighted by atomic mass is 19.3. The summed E-state index contributed by atoms with van der Waals surface area (Å²) in [4.78, 5) is 25.6. The van der Waals surface area contributed by atoms with Crippen LogP contribution in [0.1, 0.15) is 54.4 Å². The Kier molecular flexibility index (Phi) is 5.68. The largest absolute Gasteiger partial charge is 0.331 e. The highest BCUT2D eigenvalue weighted by Gasteiger charge is 2.64. The fourth-order valence-electron chi connectivity index (χ4n) is 5.98. The Balaban J connectivity index is 1.57. The van der Waals surface area contributed by atoms with Crippen LogP contribution in [0.5, 0.6) is 0 Å². The van der Waals surface area contributed by atoms with Gasteiger partial charge in [0.05, 0.1) is 23.5 Å². The van der Waals surface area contributed by atoms with Crippen LogP contribution in [0, 0.1) is 17.0 Å². The Morgan fingerprint density at radius 3 is 2.53 bits per heavy atom. The second kappa shape index (κ2) is 8.49. The van der Waals surface area contributed by atoms with Crippen LogP contribution >= 0.6 is 0 Å². The van der Waals surface area contributed by atoms with Crippen molar-refractivity contribution in [3.63, 3.8) is 0 Å². The first-order chi connectivity index (χ1) is 17.0. The van der Waals surface area contributed by atoms with Crippen molar-refractivity contribution in [2.45, 2.75) is 44.4 Å². The van der Waals surface area contributed by atoms with Gasteiger partial charge >= 0.3 is 0 Å². The standard InChI is InChI=1S/C25H23F4N5O2/c1-24(2)14-8-9-25(24,12-34(11-19(28)29)23(36)17-6-7-20(35)32-30-17)22-13(14)10-18(31-33-22)21-15(26)4-3-5-16(21)27/h3-7,10,14,19H,8-9,11-12H2,1-2H3,(H,32,35)/t14-,25-/m0/s1. The number of hydrogen-bond acceptors (Lipinski definition) is 5. The Morgan fingerprint density at radius 2 is 1.89 bits per heavy atom. The molecule has 3 aromatic rings. The maximum absolute atomic E-state index is 14.4. The SMILES string of the molecule is CC1(C)[C@H]2CC[C@]1(CN(CC(F)F)C(=O)c1ccc(=O)[nH]n1)c1nnc(-c3c(F)cccc3F)cc12. The molecule has 188 valence electrons. The van der Waals surface area contributed by atoms with Crippen LogP contribution in [0.25, 0.3) is 11.3 Å². The molecule has 2 bridgehead atoms. The zero-order valence-corrected chi connectivity index (χ0v) is 19.6. The molecular weight excluding hydrogens is 478 g/mol. The van der Waals surface area contributed by atoms with Crippen LogP contribution in [-0.2, 0) is 5.41 Å². The van der Waals surface area contributed by atoms with E-state index in [2.05, 4.69) is 20.4 Å². The van der Waals surface area contributed by atoms with Crippen molar-refractivity contribution in [1.82, 2.24) is 25.3 Å². The average Bonchev–Trinajstić information content (AvgIpc) is 3.18. The lowest BCUT2D eigenvalue weighted by molar-refractivity contribution is 0.0398. The van der Waals surface area contributed by atoms with Crippen LogP contribution in [0.4, 0.5) is 17.6 Å². The highest BCUT2D eigenvalue weighted by molar-refractivity contribution is 5.92. The number of benzene rings is 1. The number of fused-ring (bicyclic) bond motifs is 5. The predicted molar refractivity (Wildman–Crippen MR) is 122 cm³/mol. The van der Waals surface area contributed by atoms with Gasteiger partial charge in [0.2, 0.25) is 0 Å². The molecule has 0 saturated heterocycles. The van der Waals surface area contributed by atoms with Crippen LogP contribution in [0.15, 0.2) is 41.2 Å². The number of halogens is 4. The molecule has 2 heterocycles. The second-order valence-electron chi connectivity index (χ2n) is 9.91. The molecule has 5 rings (SSSR count). The summed E-state index contributed by atoms with van der Waals surface area (Å²) < 4.78 is 56.0. The van der Waals surface area contributed by atoms with E-state index >= 15 is 0 Å². The molecule has 0 spiro atoms. The van der Waals surface area contributed by atoms with E-state index in [1.165, 1.54) is 12.1 Å². The summed E-state index contributed by atoms with van der Waals surface area (Å²) in [5.41, 5.74) is -0.909. The van der Waals surface area contributed by atoms with E-state index in [0.717, 1.165) is 28.7 Å². The monoisotopic (exact) mass is 501 g/mol. The molecule has 2 atom stereocenters. The summed E-state index contributed by atoms with van der Waals surface area (Å²) in [6, 6.07) is 7.47. The third kappa shape index (κ3) is 3.59. The molecule has 7 nitrogen and oxygen atoms in total. The molecule has 0 aliphatic heterocycles. The van der Waals surface area contributed by atoms with Crippen molar-refractivity contribution >= 4 is 5.91 Å². The van der Waals surface area contributed by atoms with Crippen molar-refractivity contribution < 1.29 is 22.4 Å². The molecular formula is C25H23F4N5O2. The number of carbonyl (C=O) groups excluding carboxylic acids is 1. The van der Waals surface area contributed by atoms with E-state index in [-0.39, 0.29) is 29.4 Å². The van der Waals surface area contributed by atoms with Gasteiger partial charge in [-0.25, -0.2) is 22.7 Å². The first kappa shape index (κ1) is 24.1. The molecule has 0 radical (unpaired) electrons. The smallest absolute Gasteiger partial charge is 0.274 e. The zero-order chi connectivity index (χ0) is 25.8.